The lowest BCUT2D eigenvalue weighted by Crippen LogP contribution is -2.56. The predicted molar refractivity (Wildman–Crippen MR) is 84.3 cm³/mol. The summed E-state index contributed by atoms with van der Waals surface area (Å²) in [5, 5.41) is 7.56. The molecule has 23 heavy (non-hydrogen) atoms. The van der Waals surface area contributed by atoms with Gasteiger partial charge < -0.3 is 10.2 Å². The molecule has 1 unspecified atom stereocenters. The molecule has 0 radical (unpaired) electrons. The molecule has 0 bridgehead atoms. The molecule has 7 nitrogen and oxygen atoms in total. The van der Waals surface area contributed by atoms with Gasteiger partial charge in [0.2, 0.25) is 0 Å². The number of rotatable bonds is 2. The lowest BCUT2D eigenvalue weighted by Gasteiger charge is -2.44. The molecule has 2 fully saturated rings. The van der Waals surface area contributed by atoms with Crippen LogP contribution in [0, 0.1) is 0 Å². The summed E-state index contributed by atoms with van der Waals surface area (Å²) in [6.07, 6.45) is 11.0. The monoisotopic (exact) mass is 312 g/mol. The van der Waals surface area contributed by atoms with Crippen LogP contribution in [0.1, 0.15) is 36.2 Å². The average Bonchev–Trinajstić information content (AvgIpc) is 3.27. The van der Waals surface area contributed by atoms with Crippen molar-refractivity contribution in [2.24, 2.45) is 0 Å². The summed E-state index contributed by atoms with van der Waals surface area (Å²) >= 11 is 0. The van der Waals surface area contributed by atoms with Crippen LogP contribution in [0.4, 0.5) is 0 Å². The third-order valence-electron chi connectivity index (χ3n) is 4.89. The van der Waals surface area contributed by atoms with E-state index in [2.05, 4.69) is 20.4 Å². The van der Waals surface area contributed by atoms with Gasteiger partial charge in [-0.2, -0.15) is 5.10 Å². The van der Waals surface area contributed by atoms with Gasteiger partial charge in [0.15, 0.2) is 5.82 Å². The molecule has 0 saturated carbocycles. The van der Waals surface area contributed by atoms with Crippen molar-refractivity contribution in [1.82, 2.24) is 30.0 Å². The minimum Gasteiger partial charge on any atom is -0.330 e. The third kappa shape index (κ3) is 2.50. The van der Waals surface area contributed by atoms with Gasteiger partial charge >= 0.3 is 0 Å². The standard InChI is InChI=1S/C16H20N6O/c23-15(21-8-2-1-4-16(21)5-7-17-12-16)13-10-18-11-14(20-13)22-9-3-6-19-22/h3,6,9-11,17H,1-2,4-5,7-8,12H2. The van der Waals surface area contributed by atoms with E-state index in [-0.39, 0.29) is 11.4 Å². The van der Waals surface area contributed by atoms with Crippen molar-refractivity contribution < 1.29 is 4.79 Å². The molecule has 4 heterocycles. The SMILES string of the molecule is O=C(c1cncc(-n2cccn2)n1)N1CCCCC12CCNC2. The maximum atomic E-state index is 13.0. The molecule has 2 aliphatic rings. The van der Waals surface area contributed by atoms with Gasteiger partial charge in [-0.3, -0.25) is 9.78 Å². The van der Waals surface area contributed by atoms with Crippen molar-refractivity contribution in [1.29, 1.82) is 0 Å². The van der Waals surface area contributed by atoms with Crippen LogP contribution in [-0.4, -0.2) is 55.7 Å². The van der Waals surface area contributed by atoms with Gasteiger partial charge in [-0.1, -0.05) is 0 Å². The third-order valence-corrected chi connectivity index (χ3v) is 4.89. The van der Waals surface area contributed by atoms with Crippen molar-refractivity contribution in [3.63, 3.8) is 0 Å². The van der Waals surface area contributed by atoms with Crippen LogP contribution in [-0.2, 0) is 0 Å². The molecule has 1 atom stereocenters. The van der Waals surface area contributed by atoms with Crippen molar-refractivity contribution in [2.75, 3.05) is 19.6 Å². The number of aromatic nitrogens is 4. The van der Waals surface area contributed by atoms with Crippen molar-refractivity contribution in [3.8, 4) is 5.82 Å². The molecule has 2 saturated heterocycles. The van der Waals surface area contributed by atoms with Crippen LogP contribution in [0.15, 0.2) is 30.9 Å². The van der Waals surface area contributed by atoms with Crippen LogP contribution in [0.25, 0.3) is 5.82 Å². The van der Waals surface area contributed by atoms with Gasteiger partial charge in [0.25, 0.3) is 5.91 Å². The molecule has 4 rings (SSSR count). The average molecular weight is 312 g/mol. The van der Waals surface area contributed by atoms with E-state index in [1.807, 2.05) is 11.0 Å². The lowest BCUT2D eigenvalue weighted by molar-refractivity contribution is 0.0373. The van der Waals surface area contributed by atoms with Crippen molar-refractivity contribution in [3.05, 3.63) is 36.5 Å². The molecule has 2 aromatic heterocycles. The second-order valence-corrected chi connectivity index (χ2v) is 6.28. The van der Waals surface area contributed by atoms with Crippen LogP contribution in [0.2, 0.25) is 0 Å². The number of piperidine rings is 1. The fourth-order valence-electron chi connectivity index (χ4n) is 3.70. The second-order valence-electron chi connectivity index (χ2n) is 6.28. The van der Waals surface area contributed by atoms with E-state index < -0.39 is 0 Å². The minimum atomic E-state index is -0.0429. The number of likely N-dealkylation sites (tertiary alicyclic amines) is 1. The second kappa shape index (κ2) is 5.73. The Labute approximate surface area is 134 Å². The highest BCUT2D eigenvalue weighted by molar-refractivity contribution is 5.93. The summed E-state index contributed by atoms with van der Waals surface area (Å²) in [5.74, 6) is 0.548. The zero-order valence-electron chi connectivity index (χ0n) is 13.0. The summed E-state index contributed by atoms with van der Waals surface area (Å²) in [6.45, 7) is 2.65. The number of hydrogen-bond donors (Lipinski definition) is 1. The van der Waals surface area contributed by atoms with Gasteiger partial charge in [0.05, 0.1) is 17.9 Å². The van der Waals surface area contributed by atoms with Crippen molar-refractivity contribution >= 4 is 5.91 Å². The van der Waals surface area contributed by atoms with E-state index in [1.54, 1.807) is 29.5 Å². The molecular formula is C16H20N6O. The van der Waals surface area contributed by atoms with Gasteiger partial charge in [-0.05, 0) is 38.3 Å². The van der Waals surface area contributed by atoms with E-state index in [0.29, 0.717) is 11.5 Å². The maximum Gasteiger partial charge on any atom is 0.274 e. The van der Waals surface area contributed by atoms with E-state index in [1.165, 1.54) is 6.42 Å². The van der Waals surface area contributed by atoms with E-state index in [4.69, 9.17) is 0 Å². The number of nitrogens with one attached hydrogen (secondary N) is 1. The highest BCUT2D eigenvalue weighted by Crippen LogP contribution is 2.34. The van der Waals surface area contributed by atoms with Crippen LogP contribution in [0.5, 0.6) is 0 Å². The Hall–Kier alpha value is -2.28. The topological polar surface area (TPSA) is 75.9 Å². The first-order chi connectivity index (χ1) is 11.3. The van der Waals surface area contributed by atoms with Crippen LogP contribution >= 0.6 is 0 Å². The Balaban J connectivity index is 1.64. The molecule has 0 aliphatic carbocycles. The highest BCUT2D eigenvalue weighted by Gasteiger charge is 2.44. The molecule has 2 aliphatic heterocycles. The first-order valence-corrected chi connectivity index (χ1v) is 8.13. The zero-order valence-corrected chi connectivity index (χ0v) is 13.0. The maximum absolute atomic E-state index is 13.0. The molecule has 0 aromatic carbocycles. The Morgan fingerprint density at radius 2 is 2.22 bits per heavy atom. The normalized spacial score (nSPS) is 24.3. The number of carbonyl (C=O) groups excluding carboxylic acids is 1. The summed E-state index contributed by atoms with van der Waals surface area (Å²) < 4.78 is 1.62. The van der Waals surface area contributed by atoms with Gasteiger partial charge in [0.1, 0.15) is 5.69 Å². The van der Waals surface area contributed by atoms with Gasteiger partial charge in [-0.25, -0.2) is 9.67 Å². The summed E-state index contributed by atoms with van der Waals surface area (Å²) in [7, 11) is 0. The largest absolute Gasteiger partial charge is 0.330 e. The van der Waals surface area contributed by atoms with Gasteiger partial charge in [0, 0.05) is 25.5 Å². The fourth-order valence-corrected chi connectivity index (χ4v) is 3.70. The molecule has 1 N–H and O–H groups in total. The number of hydrogen-bond acceptors (Lipinski definition) is 5. The van der Waals surface area contributed by atoms with E-state index >= 15 is 0 Å². The highest BCUT2D eigenvalue weighted by atomic mass is 16.2. The molecule has 1 amide bonds. The predicted octanol–water partition coefficient (Wildman–Crippen LogP) is 1.02. The van der Waals surface area contributed by atoms with Gasteiger partial charge in [-0.15, -0.1) is 0 Å². The van der Waals surface area contributed by atoms with E-state index in [0.717, 1.165) is 38.9 Å². The van der Waals surface area contributed by atoms with E-state index in [9.17, 15) is 4.79 Å². The molecule has 120 valence electrons. The lowest BCUT2D eigenvalue weighted by atomic mass is 9.85. The quantitative estimate of drug-likeness (QED) is 0.896. The Morgan fingerprint density at radius 3 is 3.00 bits per heavy atom. The Morgan fingerprint density at radius 1 is 1.26 bits per heavy atom. The first-order valence-electron chi connectivity index (χ1n) is 8.13. The van der Waals surface area contributed by atoms with Crippen molar-refractivity contribution in [2.45, 2.75) is 31.2 Å². The Kier molecular flexibility index (Phi) is 3.57. The fraction of sp³-hybridized carbons (Fsp3) is 0.500. The number of nitrogens with zero attached hydrogens (tertiary/aromatic N) is 5. The summed E-state index contributed by atoms with van der Waals surface area (Å²) in [5.41, 5.74) is 0.352. The first kappa shape index (κ1) is 14.3. The number of carbonyl (C=O) groups is 1. The van der Waals surface area contributed by atoms with Crippen LogP contribution in [0.3, 0.4) is 0 Å². The summed E-state index contributed by atoms with van der Waals surface area (Å²) in [4.78, 5) is 23.7. The molecule has 1 spiro atoms. The zero-order chi connectivity index (χ0) is 15.7. The minimum absolute atomic E-state index is 0.0186. The summed E-state index contributed by atoms with van der Waals surface area (Å²) in [6, 6.07) is 1.82. The molecular weight excluding hydrogens is 292 g/mol. The Bertz CT molecular complexity index is 692. The van der Waals surface area contributed by atoms with Crippen LogP contribution < -0.4 is 5.32 Å². The molecule has 7 heteroatoms. The number of amides is 1. The molecule has 2 aromatic rings. The smallest absolute Gasteiger partial charge is 0.274 e.